The van der Waals surface area contributed by atoms with Crippen LogP contribution >= 0.6 is 0 Å². The molecule has 0 saturated heterocycles. The van der Waals surface area contributed by atoms with E-state index in [-0.39, 0.29) is 5.41 Å². The average molecular weight is 266 g/mol. The van der Waals surface area contributed by atoms with Crippen molar-refractivity contribution in [2.75, 3.05) is 0 Å². The van der Waals surface area contributed by atoms with Crippen LogP contribution in [0.4, 0.5) is 0 Å². The predicted molar refractivity (Wildman–Crippen MR) is 84.0 cm³/mol. The van der Waals surface area contributed by atoms with Crippen LogP contribution < -0.4 is 0 Å². The van der Waals surface area contributed by atoms with Gasteiger partial charge in [0.15, 0.2) is 0 Å². The zero-order valence-electron chi connectivity index (χ0n) is 12.5. The van der Waals surface area contributed by atoms with Gasteiger partial charge >= 0.3 is 0 Å². The zero-order chi connectivity index (χ0) is 14.6. The molecule has 0 heterocycles. The summed E-state index contributed by atoms with van der Waals surface area (Å²) in [6.07, 6.45) is 1.10. The Morgan fingerprint density at radius 3 is 2.15 bits per heavy atom. The average Bonchev–Trinajstić information content (AvgIpc) is 2.42. The first kappa shape index (κ1) is 14.5. The molecule has 2 aromatic rings. The molecule has 0 aromatic heterocycles. The molecule has 0 aliphatic rings. The van der Waals surface area contributed by atoms with Gasteiger partial charge in [-0.25, -0.2) is 0 Å². The number of carbonyl (C=O) groups is 1. The van der Waals surface area contributed by atoms with E-state index in [0.29, 0.717) is 18.6 Å². The number of carbonyl (C=O) groups excluding carboxylic acids is 1. The van der Waals surface area contributed by atoms with Gasteiger partial charge in [-0.1, -0.05) is 74.0 Å². The Labute approximate surface area is 121 Å². The molecule has 0 unspecified atom stereocenters. The van der Waals surface area contributed by atoms with E-state index < -0.39 is 0 Å². The van der Waals surface area contributed by atoms with Crippen LogP contribution in [0.15, 0.2) is 54.6 Å². The van der Waals surface area contributed by atoms with Gasteiger partial charge in [0.25, 0.3) is 0 Å². The van der Waals surface area contributed by atoms with Crippen molar-refractivity contribution in [2.24, 2.45) is 0 Å². The largest absolute Gasteiger partial charge is 0.299 e. The Kier molecular flexibility index (Phi) is 4.39. The fourth-order valence-electron chi connectivity index (χ4n) is 2.48. The molecular weight excluding hydrogens is 244 g/mol. The van der Waals surface area contributed by atoms with Crippen LogP contribution in [0.1, 0.15) is 37.0 Å². The smallest absolute Gasteiger partial charge is 0.138 e. The van der Waals surface area contributed by atoms with Crippen molar-refractivity contribution in [1.82, 2.24) is 0 Å². The molecule has 1 heteroatoms. The Morgan fingerprint density at radius 1 is 0.950 bits per heavy atom. The van der Waals surface area contributed by atoms with E-state index in [1.54, 1.807) is 0 Å². The number of benzene rings is 2. The minimum Gasteiger partial charge on any atom is -0.299 e. The van der Waals surface area contributed by atoms with Crippen LogP contribution in [-0.4, -0.2) is 5.78 Å². The fraction of sp³-hybridized carbons (Fsp3) is 0.316. The highest BCUT2D eigenvalue weighted by Crippen LogP contribution is 2.27. The van der Waals surface area contributed by atoms with E-state index in [4.69, 9.17) is 0 Å². The fourth-order valence-corrected chi connectivity index (χ4v) is 2.48. The summed E-state index contributed by atoms with van der Waals surface area (Å²) in [5.74, 6) is 0.294. The van der Waals surface area contributed by atoms with Crippen molar-refractivity contribution in [3.63, 3.8) is 0 Å². The van der Waals surface area contributed by atoms with Gasteiger partial charge in [0, 0.05) is 12.8 Å². The zero-order valence-corrected chi connectivity index (χ0v) is 12.5. The molecule has 2 aromatic carbocycles. The van der Waals surface area contributed by atoms with Gasteiger partial charge < -0.3 is 0 Å². The summed E-state index contributed by atoms with van der Waals surface area (Å²) >= 11 is 0. The molecule has 0 aliphatic carbocycles. The SMILES string of the molecule is Cc1ccc(CC(=O)CC(C)(C)c2ccccc2)cc1. The van der Waals surface area contributed by atoms with Crippen molar-refractivity contribution >= 4 is 5.78 Å². The first-order valence-corrected chi connectivity index (χ1v) is 7.10. The predicted octanol–water partition coefficient (Wildman–Crippen LogP) is 4.47. The number of hydrogen-bond donors (Lipinski definition) is 0. The van der Waals surface area contributed by atoms with E-state index in [0.717, 1.165) is 5.56 Å². The maximum Gasteiger partial charge on any atom is 0.138 e. The molecule has 0 fully saturated rings. The number of hydrogen-bond acceptors (Lipinski definition) is 1. The van der Waals surface area contributed by atoms with Crippen molar-refractivity contribution in [3.05, 3.63) is 71.3 Å². The Hall–Kier alpha value is -1.89. The van der Waals surface area contributed by atoms with Gasteiger partial charge in [0.2, 0.25) is 0 Å². The summed E-state index contributed by atoms with van der Waals surface area (Å²) < 4.78 is 0. The van der Waals surface area contributed by atoms with Gasteiger partial charge in [-0.2, -0.15) is 0 Å². The Bertz CT molecular complexity index is 564. The summed E-state index contributed by atoms with van der Waals surface area (Å²) in [4.78, 5) is 12.3. The lowest BCUT2D eigenvalue weighted by atomic mass is 9.79. The minimum absolute atomic E-state index is 0.108. The van der Waals surface area contributed by atoms with Crippen molar-refractivity contribution in [2.45, 2.75) is 39.0 Å². The summed E-state index contributed by atoms with van der Waals surface area (Å²) in [7, 11) is 0. The molecule has 1 nitrogen and oxygen atoms in total. The minimum atomic E-state index is -0.108. The number of rotatable bonds is 5. The maximum atomic E-state index is 12.3. The van der Waals surface area contributed by atoms with Crippen LogP contribution in [-0.2, 0) is 16.6 Å². The summed E-state index contributed by atoms with van der Waals surface area (Å²) in [5.41, 5.74) is 3.44. The number of Topliss-reactive ketones (excluding diaryl/α,β-unsaturated/α-hetero) is 1. The summed E-state index contributed by atoms with van der Waals surface area (Å²) in [5, 5.41) is 0. The van der Waals surface area contributed by atoms with Crippen molar-refractivity contribution in [1.29, 1.82) is 0 Å². The molecule has 0 bridgehead atoms. The van der Waals surface area contributed by atoms with Crippen LogP contribution in [0.5, 0.6) is 0 Å². The molecule has 0 amide bonds. The first-order valence-electron chi connectivity index (χ1n) is 7.10. The normalized spacial score (nSPS) is 11.3. The van der Waals surface area contributed by atoms with Crippen molar-refractivity contribution in [3.8, 4) is 0 Å². The van der Waals surface area contributed by atoms with Gasteiger partial charge in [-0.05, 0) is 23.5 Å². The molecule has 0 radical (unpaired) electrons. The van der Waals surface area contributed by atoms with Crippen molar-refractivity contribution < 1.29 is 4.79 Å². The topological polar surface area (TPSA) is 17.1 Å². The molecule has 0 aliphatic heterocycles. The molecule has 0 spiro atoms. The third-order valence-electron chi connectivity index (χ3n) is 3.72. The molecule has 2 rings (SSSR count). The molecule has 20 heavy (non-hydrogen) atoms. The van der Waals surface area contributed by atoms with E-state index in [1.165, 1.54) is 11.1 Å². The molecule has 0 saturated carbocycles. The van der Waals surface area contributed by atoms with Crippen LogP contribution in [0.3, 0.4) is 0 Å². The highest BCUT2D eigenvalue weighted by molar-refractivity contribution is 5.82. The number of ketones is 1. The monoisotopic (exact) mass is 266 g/mol. The molecular formula is C19H22O. The highest BCUT2D eigenvalue weighted by Gasteiger charge is 2.23. The second-order valence-corrected chi connectivity index (χ2v) is 6.13. The van der Waals surface area contributed by atoms with E-state index in [1.807, 2.05) is 30.3 Å². The third kappa shape index (κ3) is 3.80. The lowest BCUT2D eigenvalue weighted by molar-refractivity contribution is -0.119. The lowest BCUT2D eigenvalue weighted by Crippen LogP contribution is -2.22. The van der Waals surface area contributed by atoms with Gasteiger partial charge in [0.1, 0.15) is 5.78 Å². The van der Waals surface area contributed by atoms with E-state index in [9.17, 15) is 4.79 Å². The summed E-state index contributed by atoms with van der Waals surface area (Å²) in [6, 6.07) is 18.5. The second-order valence-electron chi connectivity index (χ2n) is 6.13. The quantitative estimate of drug-likeness (QED) is 0.780. The third-order valence-corrected chi connectivity index (χ3v) is 3.72. The molecule has 0 N–H and O–H groups in total. The van der Waals surface area contributed by atoms with E-state index in [2.05, 4.69) is 45.0 Å². The lowest BCUT2D eigenvalue weighted by Gasteiger charge is -2.24. The highest BCUT2D eigenvalue weighted by atomic mass is 16.1. The second kappa shape index (κ2) is 6.04. The molecule has 104 valence electrons. The maximum absolute atomic E-state index is 12.3. The Balaban J connectivity index is 2.02. The van der Waals surface area contributed by atoms with Gasteiger partial charge in [-0.15, -0.1) is 0 Å². The van der Waals surface area contributed by atoms with E-state index >= 15 is 0 Å². The van der Waals surface area contributed by atoms with Crippen LogP contribution in [0.2, 0.25) is 0 Å². The Morgan fingerprint density at radius 2 is 1.55 bits per heavy atom. The van der Waals surface area contributed by atoms with Crippen LogP contribution in [0.25, 0.3) is 0 Å². The van der Waals surface area contributed by atoms with Gasteiger partial charge in [0.05, 0.1) is 0 Å². The molecule has 0 atom stereocenters. The number of aryl methyl sites for hydroxylation is 1. The van der Waals surface area contributed by atoms with Gasteiger partial charge in [-0.3, -0.25) is 4.79 Å². The standard InChI is InChI=1S/C19H22O/c1-15-9-11-16(12-10-15)13-18(20)14-19(2,3)17-7-5-4-6-8-17/h4-12H,13-14H2,1-3H3. The summed E-state index contributed by atoms with van der Waals surface area (Å²) in [6.45, 7) is 6.33. The first-order chi connectivity index (χ1) is 9.47. The van der Waals surface area contributed by atoms with Crippen LogP contribution in [0, 0.1) is 6.92 Å².